The van der Waals surface area contributed by atoms with Gasteiger partial charge in [-0.2, -0.15) is 0 Å². The highest BCUT2D eigenvalue weighted by atomic mass is 16.1. The summed E-state index contributed by atoms with van der Waals surface area (Å²) in [6.07, 6.45) is 9.67. The Kier molecular flexibility index (Phi) is 4.59. The van der Waals surface area contributed by atoms with Crippen molar-refractivity contribution in [2.24, 2.45) is 5.92 Å². The predicted octanol–water partition coefficient (Wildman–Crippen LogP) is 3.80. The third-order valence-electron chi connectivity index (χ3n) is 5.07. The van der Waals surface area contributed by atoms with Gasteiger partial charge in [-0.15, -0.1) is 0 Å². The lowest BCUT2D eigenvalue weighted by Crippen LogP contribution is -2.26. The van der Waals surface area contributed by atoms with E-state index in [1.165, 1.54) is 49.7 Å². The lowest BCUT2D eigenvalue weighted by atomic mass is 9.86. The van der Waals surface area contributed by atoms with E-state index >= 15 is 0 Å². The van der Waals surface area contributed by atoms with E-state index in [0.717, 1.165) is 18.0 Å². The molecule has 3 rings (SSSR count). The number of amides is 1. The lowest BCUT2D eigenvalue weighted by Gasteiger charge is -2.28. The smallest absolute Gasteiger partial charge is 0.224 e. The van der Waals surface area contributed by atoms with Crippen molar-refractivity contribution in [1.29, 1.82) is 0 Å². The molecule has 1 aromatic rings. The van der Waals surface area contributed by atoms with Crippen LogP contribution in [0.2, 0.25) is 0 Å². The van der Waals surface area contributed by atoms with Crippen LogP contribution >= 0.6 is 0 Å². The van der Waals surface area contributed by atoms with Crippen LogP contribution in [0.25, 0.3) is 0 Å². The van der Waals surface area contributed by atoms with Gasteiger partial charge in [-0.3, -0.25) is 4.79 Å². The number of carbonyl (C=O) groups is 1. The molecule has 21 heavy (non-hydrogen) atoms. The van der Waals surface area contributed by atoms with E-state index in [0.29, 0.717) is 12.5 Å². The van der Waals surface area contributed by atoms with Crippen molar-refractivity contribution in [3.63, 3.8) is 0 Å². The third kappa shape index (κ3) is 3.29. The van der Waals surface area contributed by atoms with E-state index in [1.54, 1.807) is 0 Å². The zero-order valence-electron chi connectivity index (χ0n) is 13.0. The fourth-order valence-electron chi connectivity index (χ4n) is 3.92. The average Bonchev–Trinajstić information content (AvgIpc) is 2.77. The molecular weight excluding hydrogens is 260 g/mol. The van der Waals surface area contributed by atoms with Gasteiger partial charge in [-0.25, -0.2) is 0 Å². The fourth-order valence-corrected chi connectivity index (χ4v) is 3.92. The van der Waals surface area contributed by atoms with E-state index in [9.17, 15) is 4.79 Å². The number of rotatable bonds is 3. The highest BCUT2D eigenvalue weighted by Gasteiger charge is 2.24. The normalized spacial score (nSPS) is 21.3. The lowest BCUT2D eigenvalue weighted by molar-refractivity contribution is -0.116. The van der Waals surface area contributed by atoms with Gasteiger partial charge in [0.15, 0.2) is 0 Å². The number of hydrogen-bond donors (Lipinski definition) is 2. The summed E-state index contributed by atoms with van der Waals surface area (Å²) in [7, 11) is 2.08. The summed E-state index contributed by atoms with van der Waals surface area (Å²) < 4.78 is 0. The molecule has 114 valence electrons. The van der Waals surface area contributed by atoms with Gasteiger partial charge in [-0.05, 0) is 49.4 Å². The molecule has 1 fully saturated rings. The van der Waals surface area contributed by atoms with Crippen molar-refractivity contribution in [2.45, 2.75) is 57.4 Å². The van der Waals surface area contributed by atoms with Crippen molar-refractivity contribution in [2.75, 3.05) is 12.4 Å². The van der Waals surface area contributed by atoms with Crippen LogP contribution in [-0.2, 0) is 11.2 Å². The van der Waals surface area contributed by atoms with Crippen LogP contribution in [0, 0.1) is 5.92 Å². The van der Waals surface area contributed by atoms with Crippen molar-refractivity contribution in [3.05, 3.63) is 29.3 Å². The van der Waals surface area contributed by atoms with E-state index in [-0.39, 0.29) is 5.91 Å². The van der Waals surface area contributed by atoms with E-state index in [4.69, 9.17) is 0 Å². The maximum Gasteiger partial charge on any atom is 0.224 e. The first kappa shape index (κ1) is 14.6. The zero-order valence-corrected chi connectivity index (χ0v) is 13.0. The molecular formula is C18H26N2O. The Balaban J connectivity index is 1.81. The Morgan fingerprint density at radius 3 is 2.62 bits per heavy atom. The molecule has 3 nitrogen and oxygen atoms in total. The summed E-state index contributed by atoms with van der Waals surface area (Å²) >= 11 is 0. The number of aryl methyl sites for hydroxylation is 1. The SMILES string of the molecule is CNC(c1ccc2c(c1)CCC(=O)N2)C1CCCCCC1. The van der Waals surface area contributed by atoms with Gasteiger partial charge >= 0.3 is 0 Å². The van der Waals surface area contributed by atoms with Crippen LogP contribution in [0.1, 0.15) is 62.1 Å². The summed E-state index contributed by atoms with van der Waals surface area (Å²) in [6, 6.07) is 7.03. The second-order valence-corrected chi connectivity index (χ2v) is 6.48. The topological polar surface area (TPSA) is 41.1 Å². The molecule has 1 atom stereocenters. The van der Waals surface area contributed by atoms with Crippen LogP contribution < -0.4 is 10.6 Å². The van der Waals surface area contributed by atoms with Crippen LogP contribution in [-0.4, -0.2) is 13.0 Å². The minimum Gasteiger partial charge on any atom is -0.326 e. The standard InChI is InChI=1S/C18H26N2O/c1-19-18(13-6-4-2-3-5-7-13)15-8-10-16-14(12-15)9-11-17(21)20-16/h8,10,12-13,18-19H,2-7,9,11H2,1H3,(H,20,21). The minimum atomic E-state index is 0.143. The molecule has 2 aliphatic rings. The van der Waals surface area contributed by atoms with Gasteiger partial charge in [0.2, 0.25) is 5.91 Å². The Morgan fingerprint density at radius 2 is 1.90 bits per heavy atom. The van der Waals surface area contributed by atoms with Gasteiger partial charge in [0.05, 0.1) is 0 Å². The van der Waals surface area contributed by atoms with Crippen LogP contribution in [0.15, 0.2) is 18.2 Å². The monoisotopic (exact) mass is 286 g/mol. The van der Waals surface area contributed by atoms with Crippen molar-refractivity contribution in [3.8, 4) is 0 Å². The number of nitrogens with one attached hydrogen (secondary N) is 2. The molecule has 0 bridgehead atoms. The van der Waals surface area contributed by atoms with E-state index in [2.05, 4.69) is 35.9 Å². The van der Waals surface area contributed by atoms with E-state index in [1.807, 2.05) is 0 Å². The molecule has 1 heterocycles. The van der Waals surface area contributed by atoms with Gasteiger partial charge in [0, 0.05) is 18.2 Å². The fraction of sp³-hybridized carbons (Fsp3) is 0.611. The highest BCUT2D eigenvalue weighted by molar-refractivity contribution is 5.93. The van der Waals surface area contributed by atoms with Gasteiger partial charge in [-0.1, -0.05) is 37.8 Å². The molecule has 1 unspecified atom stereocenters. The molecule has 0 aromatic heterocycles. The Hall–Kier alpha value is -1.35. The summed E-state index contributed by atoms with van der Waals surface area (Å²) in [4.78, 5) is 11.5. The maximum atomic E-state index is 11.5. The minimum absolute atomic E-state index is 0.143. The second kappa shape index (κ2) is 6.61. The Labute approximate surface area is 127 Å². The number of fused-ring (bicyclic) bond motifs is 1. The molecule has 2 N–H and O–H groups in total. The number of carbonyl (C=O) groups excluding carboxylic acids is 1. The average molecular weight is 286 g/mol. The first-order valence-corrected chi connectivity index (χ1v) is 8.38. The quantitative estimate of drug-likeness (QED) is 0.830. The van der Waals surface area contributed by atoms with Crippen LogP contribution in [0.4, 0.5) is 5.69 Å². The molecule has 1 aliphatic carbocycles. The van der Waals surface area contributed by atoms with E-state index < -0.39 is 0 Å². The predicted molar refractivity (Wildman–Crippen MR) is 86.4 cm³/mol. The molecule has 1 aromatic carbocycles. The number of anilines is 1. The zero-order chi connectivity index (χ0) is 14.7. The summed E-state index contributed by atoms with van der Waals surface area (Å²) in [5.41, 5.74) is 3.69. The Morgan fingerprint density at radius 1 is 1.14 bits per heavy atom. The van der Waals surface area contributed by atoms with Gasteiger partial charge in [0.1, 0.15) is 0 Å². The Bertz CT molecular complexity index is 504. The molecule has 1 aliphatic heterocycles. The molecule has 0 spiro atoms. The molecule has 3 heteroatoms. The summed E-state index contributed by atoms with van der Waals surface area (Å²) in [5.74, 6) is 0.887. The molecule has 1 saturated carbocycles. The largest absolute Gasteiger partial charge is 0.326 e. The number of benzene rings is 1. The van der Waals surface area contributed by atoms with Crippen LogP contribution in [0.5, 0.6) is 0 Å². The first-order valence-electron chi connectivity index (χ1n) is 8.38. The van der Waals surface area contributed by atoms with Crippen LogP contribution in [0.3, 0.4) is 0 Å². The van der Waals surface area contributed by atoms with Crippen molar-refractivity contribution in [1.82, 2.24) is 5.32 Å². The number of hydrogen-bond acceptors (Lipinski definition) is 2. The first-order chi connectivity index (χ1) is 10.3. The van der Waals surface area contributed by atoms with Crippen molar-refractivity contribution < 1.29 is 4.79 Å². The van der Waals surface area contributed by atoms with Crippen molar-refractivity contribution >= 4 is 11.6 Å². The maximum absolute atomic E-state index is 11.5. The van der Waals surface area contributed by atoms with Gasteiger partial charge < -0.3 is 10.6 Å². The molecule has 1 amide bonds. The summed E-state index contributed by atoms with van der Waals surface area (Å²) in [5, 5.41) is 6.52. The summed E-state index contributed by atoms with van der Waals surface area (Å²) in [6.45, 7) is 0. The van der Waals surface area contributed by atoms with Gasteiger partial charge in [0.25, 0.3) is 0 Å². The highest BCUT2D eigenvalue weighted by Crippen LogP contribution is 2.35. The second-order valence-electron chi connectivity index (χ2n) is 6.48. The molecule has 0 radical (unpaired) electrons. The molecule has 0 saturated heterocycles. The third-order valence-corrected chi connectivity index (χ3v) is 5.07.